The van der Waals surface area contributed by atoms with Crippen LogP contribution in [0.2, 0.25) is 0 Å². The first-order valence-corrected chi connectivity index (χ1v) is 12.5. The summed E-state index contributed by atoms with van der Waals surface area (Å²) < 4.78 is 41.5. The van der Waals surface area contributed by atoms with Gasteiger partial charge in [0.15, 0.2) is 17.5 Å². The Morgan fingerprint density at radius 2 is 1.85 bits per heavy atom. The third kappa shape index (κ3) is 6.01. The number of H-pyrrole nitrogens is 1. The van der Waals surface area contributed by atoms with E-state index >= 15 is 0 Å². The lowest BCUT2D eigenvalue weighted by Gasteiger charge is -2.34. The van der Waals surface area contributed by atoms with Gasteiger partial charge in [-0.05, 0) is 55.1 Å². The molecule has 0 bridgehead atoms. The van der Waals surface area contributed by atoms with Gasteiger partial charge in [-0.15, -0.1) is 0 Å². The molecule has 9 nitrogen and oxygen atoms in total. The van der Waals surface area contributed by atoms with Crippen molar-refractivity contribution in [3.05, 3.63) is 83.8 Å². The molecule has 1 saturated heterocycles. The molecule has 3 heterocycles. The van der Waals surface area contributed by atoms with E-state index in [2.05, 4.69) is 30.6 Å². The van der Waals surface area contributed by atoms with Gasteiger partial charge in [0.1, 0.15) is 18.0 Å². The Labute approximate surface area is 222 Å². The van der Waals surface area contributed by atoms with Crippen LogP contribution in [0.4, 0.5) is 30.4 Å². The Bertz CT molecular complexity index is 1470. The van der Waals surface area contributed by atoms with Crippen LogP contribution in [0, 0.1) is 23.4 Å². The van der Waals surface area contributed by atoms with Crippen LogP contribution in [-0.4, -0.2) is 45.5 Å². The molecular weight excluding hydrogens is 509 g/mol. The van der Waals surface area contributed by atoms with E-state index in [1.54, 1.807) is 18.2 Å². The zero-order chi connectivity index (χ0) is 27.4. The van der Waals surface area contributed by atoms with Crippen molar-refractivity contribution in [1.29, 1.82) is 0 Å². The van der Waals surface area contributed by atoms with Gasteiger partial charge in [0.05, 0.1) is 29.0 Å². The number of rotatable bonds is 8. The number of carbonyl (C=O) groups excluding carboxylic acids is 1. The van der Waals surface area contributed by atoms with Crippen LogP contribution in [-0.2, 0) is 6.54 Å². The maximum absolute atomic E-state index is 14.8. The molecule has 0 radical (unpaired) electrons. The summed E-state index contributed by atoms with van der Waals surface area (Å²) in [5, 5.41) is 5.80. The number of halogens is 3. The zero-order valence-electron chi connectivity index (χ0n) is 20.9. The molecule has 202 valence electrons. The number of imidazole rings is 1. The second-order valence-corrected chi connectivity index (χ2v) is 9.29. The molecule has 1 fully saturated rings. The number of aromatic amines is 1. The van der Waals surface area contributed by atoms with Crippen molar-refractivity contribution in [2.45, 2.75) is 19.4 Å². The highest BCUT2D eigenvalue weighted by molar-refractivity contribution is 6.04. The molecule has 0 atom stereocenters. The van der Waals surface area contributed by atoms with Gasteiger partial charge in [0.25, 0.3) is 5.91 Å². The van der Waals surface area contributed by atoms with Gasteiger partial charge >= 0.3 is 0 Å². The van der Waals surface area contributed by atoms with Gasteiger partial charge in [-0.2, -0.15) is 0 Å². The Kier molecular flexibility index (Phi) is 7.73. The number of benzene rings is 2. The number of para-hydroxylation sites is 1. The van der Waals surface area contributed by atoms with Gasteiger partial charge in [0, 0.05) is 25.7 Å². The van der Waals surface area contributed by atoms with E-state index in [1.165, 1.54) is 24.7 Å². The number of aromatic nitrogens is 4. The average molecular weight is 537 g/mol. The number of amides is 1. The summed E-state index contributed by atoms with van der Waals surface area (Å²) in [5.74, 6) is -1.91. The summed E-state index contributed by atoms with van der Waals surface area (Å²) in [6.07, 6.45) is 4.50. The molecule has 0 saturated carbocycles. The van der Waals surface area contributed by atoms with Crippen molar-refractivity contribution in [3.8, 4) is 11.4 Å². The summed E-state index contributed by atoms with van der Waals surface area (Å²) in [5.41, 5.74) is 7.94. The molecule has 2 aromatic heterocycles. The van der Waals surface area contributed by atoms with Crippen molar-refractivity contribution in [1.82, 2.24) is 19.9 Å². The highest BCUT2D eigenvalue weighted by Crippen LogP contribution is 2.32. The number of nitrogens with one attached hydrogen (secondary N) is 3. The van der Waals surface area contributed by atoms with Crippen molar-refractivity contribution < 1.29 is 18.0 Å². The van der Waals surface area contributed by atoms with Gasteiger partial charge in [-0.3, -0.25) is 4.79 Å². The highest BCUT2D eigenvalue weighted by Gasteiger charge is 2.24. The molecule has 12 heteroatoms. The lowest BCUT2D eigenvalue weighted by molar-refractivity contribution is 0.101. The summed E-state index contributed by atoms with van der Waals surface area (Å²) in [6.45, 7) is 2.12. The lowest BCUT2D eigenvalue weighted by Crippen LogP contribution is -2.37. The SMILES string of the molecule is NCC1CCN(c2c(F)cccc2NC(=O)c2ncc(-c3cc(NCc4ccc(F)c(F)c4)ncn3)[nH]2)CC1. The Balaban J connectivity index is 1.27. The second kappa shape index (κ2) is 11.5. The van der Waals surface area contributed by atoms with Crippen LogP contribution in [0.3, 0.4) is 0 Å². The molecule has 2 aromatic carbocycles. The smallest absolute Gasteiger partial charge is 0.291 e. The fourth-order valence-corrected chi connectivity index (χ4v) is 4.52. The fraction of sp³-hybridized carbons (Fsp3) is 0.259. The van der Waals surface area contributed by atoms with Gasteiger partial charge in [0.2, 0.25) is 0 Å². The molecule has 1 aliphatic heterocycles. The second-order valence-electron chi connectivity index (χ2n) is 9.29. The summed E-state index contributed by atoms with van der Waals surface area (Å²) in [4.78, 5) is 30.4. The predicted octanol–water partition coefficient (Wildman–Crippen LogP) is 4.32. The number of carbonyl (C=O) groups is 1. The first-order valence-electron chi connectivity index (χ1n) is 12.5. The van der Waals surface area contributed by atoms with Crippen LogP contribution >= 0.6 is 0 Å². The van der Waals surface area contributed by atoms with E-state index in [-0.39, 0.29) is 12.4 Å². The standard InChI is InChI=1S/C27H27F3N8O/c28-18-5-4-17(10-20(18)30)13-32-24-11-22(34-15-35-24)23-14-33-26(36-23)27(39)37-21-3-1-2-19(29)25(21)38-8-6-16(12-31)7-9-38/h1-5,10-11,14-16H,6-9,12-13,31H2,(H,33,36)(H,37,39)(H,32,34,35). The normalized spacial score (nSPS) is 13.9. The van der Waals surface area contributed by atoms with Crippen LogP contribution in [0.1, 0.15) is 29.0 Å². The molecular formula is C27H27F3N8O. The van der Waals surface area contributed by atoms with E-state index in [1.807, 2.05) is 4.90 Å². The van der Waals surface area contributed by atoms with E-state index < -0.39 is 23.4 Å². The topological polar surface area (TPSA) is 125 Å². The largest absolute Gasteiger partial charge is 0.367 e. The maximum Gasteiger partial charge on any atom is 0.291 e. The van der Waals surface area contributed by atoms with E-state index in [0.29, 0.717) is 59.7 Å². The Morgan fingerprint density at radius 3 is 2.62 bits per heavy atom. The van der Waals surface area contributed by atoms with Crippen molar-refractivity contribution >= 4 is 23.1 Å². The minimum absolute atomic E-state index is 0.0250. The van der Waals surface area contributed by atoms with Crippen molar-refractivity contribution in [2.75, 3.05) is 35.2 Å². The third-order valence-corrected chi connectivity index (χ3v) is 6.69. The first-order chi connectivity index (χ1) is 18.9. The van der Waals surface area contributed by atoms with E-state index in [4.69, 9.17) is 5.73 Å². The molecule has 1 aliphatic rings. The predicted molar refractivity (Wildman–Crippen MR) is 142 cm³/mol. The van der Waals surface area contributed by atoms with Crippen LogP contribution in [0.5, 0.6) is 0 Å². The van der Waals surface area contributed by atoms with E-state index in [9.17, 15) is 18.0 Å². The van der Waals surface area contributed by atoms with Crippen molar-refractivity contribution in [3.63, 3.8) is 0 Å². The van der Waals surface area contributed by atoms with Gasteiger partial charge < -0.3 is 26.3 Å². The zero-order valence-corrected chi connectivity index (χ0v) is 20.9. The molecule has 0 unspecified atom stereocenters. The van der Waals surface area contributed by atoms with E-state index in [0.717, 1.165) is 25.0 Å². The number of anilines is 3. The highest BCUT2D eigenvalue weighted by atomic mass is 19.2. The molecule has 39 heavy (non-hydrogen) atoms. The lowest BCUT2D eigenvalue weighted by atomic mass is 9.96. The molecule has 5 N–H and O–H groups in total. The summed E-state index contributed by atoms with van der Waals surface area (Å²) in [6, 6.07) is 9.85. The number of piperidine rings is 1. The van der Waals surface area contributed by atoms with Crippen LogP contribution in [0.15, 0.2) is 55.0 Å². The maximum atomic E-state index is 14.8. The quantitative estimate of drug-likeness (QED) is 0.264. The van der Waals surface area contributed by atoms with Gasteiger partial charge in [-0.1, -0.05) is 12.1 Å². The molecule has 0 aliphatic carbocycles. The Hall–Kier alpha value is -4.45. The fourth-order valence-electron chi connectivity index (χ4n) is 4.52. The van der Waals surface area contributed by atoms with Crippen LogP contribution < -0.4 is 21.3 Å². The van der Waals surface area contributed by atoms with Crippen LogP contribution in [0.25, 0.3) is 11.4 Å². The molecule has 1 amide bonds. The van der Waals surface area contributed by atoms with Gasteiger partial charge in [-0.25, -0.2) is 28.1 Å². The summed E-state index contributed by atoms with van der Waals surface area (Å²) >= 11 is 0. The number of hydrogen-bond donors (Lipinski definition) is 4. The minimum Gasteiger partial charge on any atom is -0.367 e. The summed E-state index contributed by atoms with van der Waals surface area (Å²) in [7, 11) is 0. The molecule has 4 aromatic rings. The monoisotopic (exact) mass is 536 g/mol. The van der Waals surface area contributed by atoms with Crippen molar-refractivity contribution in [2.24, 2.45) is 11.7 Å². The third-order valence-electron chi connectivity index (χ3n) is 6.69. The average Bonchev–Trinajstić information content (AvgIpc) is 3.45. The first kappa shape index (κ1) is 26.2. The number of hydrogen-bond acceptors (Lipinski definition) is 7. The number of nitrogens with two attached hydrogens (primary N) is 1. The Morgan fingerprint density at radius 1 is 1.03 bits per heavy atom. The number of nitrogens with zero attached hydrogens (tertiary/aromatic N) is 4. The molecule has 5 rings (SSSR count). The minimum atomic E-state index is -0.928. The molecule has 0 spiro atoms.